The Hall–Kier alpha value is -2.29. The van der Waals surface area contributed by atoms with E-state index in [4.69, 9.17) is 9.47 Å². The number of hydrogen-bond acceptors (Lipinski definition) is 5. The second-order valence-electron chi connectivity index (χ2n) is 11.8. The molecule has 3 aliphatic rings. The molecule has 208 valence electrons. The van der Waals surface area contributed by atoms with Gasteiger partial charge in [-0.3, -0.25) is 4.79 Å². The molecule has 37 heavy (non-hydrogen) atoms. The second kappa shape index (κ2) is 10.5. The molecule has 9 heteroatoms. The molecular formula is C28H40F3NO5. The van der Waals surface area contributed by atoms with Crippen molar-refractivity contribution in [2.75, 3.05) is 13.2 Å². The quantitative estimate of drug-likeness (QED) is 0.421. The standard InChI is InChI=1S/C28H40F3NO5/c1-7-36-23(34)26-13-15-27(16-14-26,32(17-12-18(2)3)24(35)37-25(4,5)6)21(22(26)33)19-8-10-20(11-9-19)28(29,30)31/h8-11,18,21-22,33H,7,12-17H2,1-6H3/t21-,22+,26?,27?/m0/s1. The van der Waals surface area contributed by atoms with Crippen molar-refractivity contribution in [3.63, 3.8) is 0 Å². The lowest BCUT2D eigenvalue weighted by atomic mass is 9.49. The van der Waals surface area contributed by atoms with Crippen LogP contribution in [-0.2, 0) is 20.4 Å². The van der Waals surface area contributed by atoms with Crippen LogP contribution in [0, 0.1) is 11.3 Å². The number of ether oxygens (including phenoxy) is 2. The van der Waals surface area contributed by atoms with E-state index in [1.807, 2.05) is 13.8 Å². The number of fused-ring (bicyclic) bond motifs is 3. The van der Waals surface area contributed by atoms with Gasteiger partial charge in [-0.25, -0.2) is 4.79 Å². The van der Waals surface area contributed by atoms with E-state index in [0.29, 0.717) is 44.2 Å². The van der Waals surface area contributed by atoms with Gasteiger partial charge in [0.05, 0.1) is 29.2 Å². The van der Waals surface area contributed by atoms with Crippen molar-refractivity contribution in [2.45, 2.75) is 103 Å². The zero-order valence-corrected chi connectivity index (χ0v) is 22.7. The largest absolute Gasteiger partial charge is 0.465 e. The molecule has 0 aliphatic heterocycles. The van der Waals surface area contributed by atoms with Crippen LogP contribution >= 0.6 is 0 Å². The highest BCUT2D eigenvalue weighted by Gasteiger charge is 2.66. The van der Waals surface area contributed by atoms with Crippen LogP contribution in [0.15, 0.2) is 24.3 Å². The van der Waals surface area contributed by atoms with Crippen LogP contribution < -0.4 is 0 Å². The van der Waals surface area contributed by atoms with Gasteiger partial charge >= 0.3 is 18.2 Å². The number of carbonyl (C=O) groups is 2. The summed E-state index contributed by atoms with van der Waals surface area (Å²) in [5.41, 5.74) is -3.21. The first kappa shape index (κ1) is 29.3. The molecule has 0 radical (unpaired) electrons. The fourth-order valence-corrected chi connectivity index (χ4v) is 5.96. The van der Waals surface area contributed by atoms with Crippen LogP contribution in [0.25, 0.3) is 0 Å². The fraction of sp³-hybridized carbons (Fsp3) is 0.714. The van der Waals surface area contributed by atoms with Crippen LogP contribution in [0.5, 0.6) is 0 Å². The van der Waals surface area contributed by atoms with Gasteiger partial charge in [-0.2, -0.15) is 13.2 Å². The summed E-state index contributed by atoms with van der Waals surface area (Å²) in [6.07, 6.45) is -4.18. The maximum atomic E-state index is 13.6. The predicted molar refractivity (Wildman–Crippen MR) is 133 cm³/mol. The maximum Gasteiger partial charge on any atom is 0.416 e. The average Bonchev–Trinajstić information content (AvgIpc) is 2.78. The highest BCUT2D eigenvalue weighted by atomic mass is 19.4. The van der Waals surface area contributed by atoms with Gasteiger partial charge in [0.1, 0.15) is 5.60 Å². The van der Waals surface area contributed by atoms with Crippen LogP contribution in [0.1, 0.15) is 90.7 Å². The van der Waals surface area contributed by atoms with Gasteiger partial charge < -0.3 is 19.5 Å². The number of amides is 1. The van der Waals surface area contributed by atoms with Gasteiger partial charge in [-0.15, -0.1) is 0 Å². The average molecular weight is 528 g/mol. The highest BCUT2D eigenvalue weighted by molar-refractivity contribution is 5.79. The molecule has 6 nitrogen and oxygen atoms in total. The molecule has 2 bridgehead atoms. The maximum absolute atomic E-state index is 13.6. The number of alkyl halides is 3. The highest BCUT2D eigenvalue weighted by Crippen LogP contribution is 2.61. The second-order valence-corrected chi connectivity index (χ2v) is 11.8. The van der Waals surface area contributed by atoms with Crippen molar-refractivity contribution in [3.8, 4) is 0 Å². The molecular weight excluding hydrogens is 487 g/mol. The van der Waals surface area contributed by atoms with Crippen molar-refractivity contribution in [2.24, 2.45) is 11.3 Å². The molecule has 3 saturated carbocycles. The molecule has 3 aliphatic carbocycles. The monoisotopic (exact) mass is 527 g/mol. The molecule has 1 aromatic carbocycles. The van der Waals surface area contributed by atoms with E-state index >= 15 is 0 Å². The van der Waals surface area contributed by atoms with E-state index < -0.39 is 52.4 Å². The van der Waals surface area contributed by atoms with E-state index in [0.717, 1.165) is 12.1 Å². The minimum atomic E-state index is -4.51. The van der Waals surface area contributed by atoms with Gasteiger partial charge in [0.2, 0.25) is 0 Å². The van der Waals surface area contributed by atoms with Gasteiger partial charge in [0.15, 0.2) is 0 Å². The number of benzene rings is 1. The number of rotatable bonds is 7. The molecule has 3 fully saturated rings. The molecule has 1 N–H and O–H groups in total. The topological polar surface area (TPSA) is 76.1 Å². The Morgan fingerprint density at radius 3 is 2.11 bits per heavy atom. The normalized spacial score (nSPS) is 27.8. The Labute approximate surface area is 217 Å². The predicted octanol–water partition coefficient (Wildman–Crippen LogP) is 6.31. The lowest BCUT2D eigenvalue weighted by molar-refractivity contribution is -0.191. The first-order valence-electron chi connectivity index (χ1n) is 13.1. The summed E-state index contributed by atoms with van der Waals surface area (Å²) in [6.45, 7) is 11.6. The number of carbonyl (C=O) groups excluding carboxylic acids is 2. The van der Waals surface area contributed by atoms with E-state index in [1.54, 1.807) is 32.6 Å². The van der Waals surface area contributed by atoms with Crippen molar-refractivity contribution < 1.29 is 37.3 Å². The van der Waals surface area contributed by atoms with E-state index in [-0.39, 0.29) is 12.5 Å². The smallest absolute Gasteiger partial charge is 0.416 e. The lowest BCUT2D eigenvalue weighted by Gasteiger charge is -2.62. The zero-order chi connectivity index (χ0) is 27.8. The Kier molecular flexibility index (Phi) is 8.28. The lowest BCUT2D eigenvalue weighted by Crippen LogP contribution is -2.69. The number of hydrogen-bond donors (Lipinski definition) is 1. The van der Waals surface area contributed by atoms with Gasteiger partial charge in [0, 0.05) is 12.5 Å². The first-order valence-corrected chi connectivity index (χ1v) is 13.1. The first-order chi connectivity index (χ1) is 17.1. The molecule has 4 rings (SSSR count). The third-order valence-electron chi connectivity index (χ3n) is 7.83. The summed E-state index contributed by atoms with van der Waals surface area (Å²) in [6, 6.07) is 4.68. The molecule has 0 unspecified atom stereocenters. The number of aliphatic hydroxyl groups excluding tert-OH is 1. The van der Waals surface area contributed by atoms with Gasteiger partial charge in [-0.05, 0) is 83.4 Å². The van der Waals surface area contributed by atoms with Crippen LogP contribution in [-0.4, -0.2) is 52.5 Å². The minimum absolute atomic E-state index is 0.155. The van der Waals surface area contributed by atoms with Crippen molar-refractivity contribution >= 4 is 12.1 Å². The van der Waals surface area contributed by atoms with E-state index in [2.05, 4.69) is 0 Å². The third-order valence-corrected chi connectivity index (χ3v) is 7.83. The van der Waals surface area contributed by atoms with E-state index in [9.17, 15) is 27.9 Å². The SMILES string of the molecule is CCOC(=O)C12CCC(N(CCC(C)C)C(=O)OC(C)(C)C)(CC1)[C@@H](c1ccc(C(F)(F)F)cc1)[C@H]2O. The number of esters is 1. The summed E-state index contributed by atoms with van der Waals surface area (Å²) in [7, 11) is 0. The van der Waals surface area contributed by atoms with Gasteiger partial charge in [0.25, 0.3) is 0 Å². The van der Waals surface area contributed by atoms with Crippen LogP contribution in [0.3, 0.4) is 0 Å². The number of nitrogens with zero attached hydrogens (tertiary/aromatic N) is 1. The molecule has 0 heterocycles. The molecule has 2 atom stereocenters. The number of halogens is 3. The summed E-state index contributed by atoms with van der Waals surface area (Å²) in [5.74, 6) is -1.01. The Balaban J connectivity index is 2.14. The van der Waals surface area contributed by atoms with Crippen molar-refractivity contribution in [1.29, 1.82) is 0 Å². The Bertz CT molecular complexity index is 960. The summed E-state index contributed by atoms with van der Waals surface area (Å²) < 4.78 is 51.0. The molecule has 0 saturated heterocycles. The van der Waals surface area contributed by atoms with Crippen molar-refractivity contribution in [3.05, 3.63) is 35.4 Å². The van der Waals surface area contributed by atoms with Crippen LogP contribution in [0.2, 0.25) is 0 Å². The Morgan fingerprint density at radius 1 is 1.08 bits per heavy atom. The number of aliphatic hydroxyl groups is 1. The summed E-state index contributed by atoms with van der Waals surface area (Å²) >= 11 is 0. The third kappa shape index (κ3) is 5.76. The molecule has 0 aromatic heterocycles. The van der Waals surface area contributed by atoms with E-state index in [1.165, 1.54) is 12.1 Å². The van der Waals surface area contributed by atoms with Crippen LogP contribution in [0.4, 0.5) is 18.0 Å². The molecule has 1 aromatic rings. The Morgan fingerprint density at radius 2 is 1.65 bits per heavy atom. The van der Waals surface area contributed by atoms with Crippen molar-refractivity contribution in [1.82, 2.24) is 4.90 Å². The zero-order valence-electron chi connectivity index (χ0n) is 22.7. The fourth-order valence-electron chi connectivity index (χ4n) is 5.96. The van der Waals surface area contributed by atoms with Gasteiger partial charge in [-0.1, -0.05) is 26.0 Å². The molecule has 0 spiro atoms. The summed E-state index contributed by atoms with van der Waals surface area (Å²) in [5, 5.41) is 11.8. The minimum Gasteiger partial charge on any atom is -0.465 e. The molecule has 1 amide bonds. The summed E-state index contributed by atoms with van der Waals surface area (Å²) in [4.78, 5) is 28.4.